The van der Waals surface area contributed by atoms with Crippen LogP contribution in [0.4, 0.5) is 23.0 Å². The molecule has 1 fully saturated rings. The number of anilines is 4. The molecule has 234 valence electrons. The van der Waals surface area contributed by atoms with E-state index in [-0.39, 0.29) is 0 Å². The molecule has 2 heterocycles. The van der Waals surface area contributed by atoms with E-state index in [1.807, 2.05) is 57.3 Å². The quantitative estimate of drug-likeness (QED) is 0.194. The maximum absolute atomic E-state index is 12.8. The standard InChI is InChI=1S/C33H43N7O3S/c1-9-13-34-26-18-27(30(43-7)19-28(26)39(6)16-15-38(4)5)37-33-35-14-12-25(36-33)24-20-40(23-10-11-23)29-17-21(2)32(44(8,41)42)22(3)31(24)29/h9,12-14,17-20,23,34H,10-11,15-16H2,1-8H3,(H,35,36,37). The lowest BCUT2D eigenvalue weighted by Gasteiger charge is -2.25. The topological polar surface area (TPSA) is 105 Å². The molecule has 0 unspecified atom stereocenters. The summed E-state index contributed by atoms with van der Waals surface area (Å²) >= 11 is 0. The van der Waals surface area contributed by atoms with Gasteiger partial charge in [-0.3, -0.25) is 0 Å². The molecule has 1 aliphatic rings. The van der Waals surface area contributed by atoms with Gasteiger partial charge >= 0.3 is 0 Å². The van der Waals surface area contributed by atoms with Crippen molar-refractivity contribution in [2.75, 3.05) is 63.1 Å². The van der Waals surface area contributed by atoms with E-state index in [9.17, 15) is 8.42 Å². The molecule has 4 aromatic rings. The maximum Gasteiger partial charge on any atom is 0.227 e. The third kappa shape index (κ3) is 6.39. The van der Waals surface area contributed by atoms with Gasteiger partial charge in [-0.25, -0.2) is 18.4 Å². The zero-order valence-electron chi connectivity index (χ0n) is 26.9. The van der Waals surface area contributed by atoms with Gasteiger partial charge in [-0.15, -0.1) is 0 Å². The van der Waals surface area contributed by atoms with Gasteiger partial charge in [0.1, 0.15) is 5.75 Å². The fourth-order valence-corrected chi connectivity index (χ4v) is 7.08. The first-order chi connectivity index (χ1) is 20.9. The Kier molecular flexibility index (Phi) is 8.90. The first-order valence-corrected chi connectivity index (χ1v) is 16.7. The number of methoxy groups -OCH3 is 1. The number of hydrogen-bond donors (Lipinski definition) is 2. The first kappa shape index (κ1) is 31.3. The molecule has 10 nitrogen and oxygen atoms in total. The van der Waals surface area contributed by atoms with E-state index in [0.717, 1.165) is 64.9 Å². The third-order valence-corrected chi connectivity index (χ3v) is 9.37. The Hall–Kier alpha value is -4.09. The Balaban J connectivity index is 1.58. The van der Waals surface area contributed by atoms with Crippen molar-refractivity contribution >= 4 is 43.8 Å². The van der Waals surface area contributed by atoms with Gasteiger partial charge < -0.3 is 29.7 Å². The van der Waals surface area contributed by atoms with Gasteiger partial charge in [-0.1, -0.05) is 6.08 Å². The number of rotatable bonds is 12. The second-order valence-electron chi connectivity index (χ2n) is 11.8. The van der Waals surface area contributed by atoms with Gasteiger partial charge in [0.2, 0.25) is 5.95 Å². The van der Waals surface area contributed by atoms with E-state index in [0.29, 0.717) is 34.0 Å². The van der Waals surface area contributed by atoms with E-state index >= 15 is 0 Å². The molecule has 1 saturated carbocycles. The molecule has 2 aromatic carbocycles. The summed E-state index contributed by atoms with van der Waals surface area (Å²) in [5.41, 5.74) is 6.78. The highest BCUT2D eigenvalue weighted by Gasteiger charge is 2.29. The molecule has 2 N–H and O–H groups in total. The van der Waals surface area contributed by atoms with Crippen LogP contribution in [0.2, 0.25) is 0 Å². The van der Waals surface area contributed by atoms with Crippen molar-refractivity contribution in [3.8, 4) is 17.0 Å². The summed E-state index contributed by atoms with van der Waals surface area (Å²) in [5.74, 6) is 1.07. The van der Waals surface area contributed by atoms with Crippen molar-refractivity contribution < 1.29 is 13.2 Å². The van der Waals surface area contributed by atoms with Crippen LogP contribution < -0.4 is 20.3 Å². The summed E-state index contributed by atoms with van der Waals surface area (Å²) in [6.07, 6.45) is 11.2. The number of ether oxygens (including phenoxy) is 1. The van der Waals surface area contributed by atoms with Crippen molar-refractivity contribution in [3.05, 3.63) is 60.1 Å². The molecule has 0 aliphatic heterocycles. The van der Waals surface area contributed by atoms with Crippen LogP contribution in [0.3, 0.4) is 0 Å². The van der Waals surface area contributed by atoms with E-state index in [4.69, 9.17) is 9.72 Å². The zero-order chi connectivity index (χ0) is 31.8. The highest BCUT2D eigenvalue weighted by molar-refractivity contribution is 7.90. The highest BCUT2D eigenvalue weighted by Crippen LogP contribution is 2.44. The molecule has 0 spiro atoms. The minimum Gasteiger partial charge on any atom is -0.494 e. The number of aryl methyl sites for hydroxylation is 2. The average molecular weight is 618 g/mol. The number of likely N-dealkylation sites (N-methyl/N-ethyl adjacent to an activating group) is 2. The van der Waals surface area contributed by atoms with Crippen LogP contribution in [0, 0.1) is 13.8 Å². The fraction of sp³-hybridized carbons (Fsp3) is 0.394. The highest BCUT2D eigenvalue weighted by atomic mass is 32.2. The van der Waals surface area contributed by atoms with E-state index in [2.05, 4.69) is 57.3 Å². The van der Waals surface area contributed by atoms with Crippen LogP contribution in [0.15, 0.2) is 53.8 Å². The van der Waals surface area contributed by atoms with E-state index in [1.54, 1.807) is 13.3 Å². The number of hydrogen-bond acceptors (Lipinski definition) is 9. The Labute approximate surface area is 260 Å². The Bertz CT molecular complexity index is 1830. The largest absolute Gasteiger partial charge is 0.494 e. The smallest absolute Gasteiger partial charge is 0.227 e. The predicted molar refractivity (Wildman–Crippen MR) is 180 cm³/mol. The summed E-state index contributed by atoms with van der Waals surface area (Å²) < 4.78 is 33.7. The molecular weight excluding hydrogens is 574 g/mol. The zero-order valence-corrected chi connectivity index (χ0v) is 27.7. The average Bonchev–Trinajstić information content (AvgIpc) is 3.74. The third-order valence-electron chi connectivity index (χ3n) is 8.01. The summed E-state index contributed by atoms with van der Waals surface area (Å²) in [6, 6.07) is 8.30. The summed E-state index contributed by atoms with van der Waals surface area (Å²) in [7, 11) is 4.42. The van der Waals surface area contributed by atoms with Gasteiger partial charge in [0.25, 0.3) is 0 Å². The number of fused-ring (bicyclic) bond motifs is 1. The monoisotopic (exact) mass is 617 g/mol. The normalized spacial score (nSPS) is 13.7. The molecule has 1 aliphatic carbocycles. The molecule has 0 radical (unpaired) electrons. The number of benzene rings is 2. The van der Waals surface area contributed by atoms with Gasteiger partial charge in [-0.2, -0.15) is 0 Å². The second kappa shape index (κ2) is 12.5. The first-order valence-electron chi connectivity index (χ1n) is 14.8. The van der Waals surface area contributed by atoms with Crippen molar-refractivity contribution in [1.82, 2.24) is 19.4 Å². The van der Waals surface area contributed by atoms with Crippen molar-refractivity contribution in [2.45, 2.75) is 44.6 Å². The number of sulfone groups is 1. The molecule has 44 heavy (non-hydrogen) atoms. The minimum atomic E-state index is -3.42. The molecule has 5 rings (SSSR count). The number of allylic oxidation sites excluding steroid dienone is 1. The van der Waals surface area contributed by atoms with Gasteiger partial charge in [0, 0.05) is 67.4 Å². The van der Waals surface area contributed by atoms with E-state index < -0.39 is 9.84 Å². The lowest BCUT2D eigenvalue weighted by molar-refractivity contribution is 0.413. The maximum atomic E-state index is 12.8. The molecule has 0 atom stereocenters. The molecule has 0 bridgehead atoms. The number of nitrogens with zero attached hydrogens (tertiary/aromatic N) is 5. The number of nitrogens with one attached hydrogen (secondary N) is 2. The summed E-state index contributed by atoms with van der Waals surface area (Å²) in [6.45, 7) is 7.48. The minimum absolute atomic E-state index is 0.383. The lowest BCUT2D eigenvalue weighted by Crippen LogP contribution is -2.28. The van der Waals surface area contributed by atoms with Gasteiger partial charge in [-0.05, 0) is 83.2 Å². The van der Waals surface area contributed by atoms with Gasteiger partial charge in [0.15, 0.2) is 9.84 Å². The Morgan fingerprint density at radius 3 is 2.50 bits per heavy atom. The van der Waals surface area contributed by atoms with Crippen molar-refractivity contribution in [3.63, 3.8) is 0 Å². The summed E-state index contributed by atoms with van der Waals surface area (Å²) in [5, 5.41) is 7.68. The van der Waals surface area contributed by atoms with Crippen LogP contribution >= 0.6 is 0 Å². The van der Waals surface area contributed by atoms with Crippen LogP contribution in [0.5, 0.6) is 5.75 Å². The van der Waals surface area contributed by atoms with E-state index in [1.165, 1.54) is 6.26 Å². The molecule has 0 saturated heterocycles. The second-order valence-corrected chi connectivity index (χ2v) is 13.8. The summed E-state index contributed by atoms with van der Waals surface area (Å²) in [4.78, 5) is 14.2. The Morgan fingerprint density at radius 2 is 1.86 bits per heavy atom. The van der Waals surface area contributed by atoms with Crippen LogP contribution in [-0.4, -0.2) is 75.5 Å². The van der Waals surface area contributed by atoms with Crippen molar-refractivity contribution in [2.24, 2.45) is 0 Å². The van der Waals surface area contributed by atoms with Crippen molar-refractivity contribution in [1.29, 1.82) is 0 Å². The predicted octanol–water partition coefficient (Wildman–Crippen LogP) is 6.15. The molecule has 2 aromatic heterocycles. The Morgan fingerprint density at radius 1 is 1.11 bits per heavy atom. The van der Waals surface area contributed by atoms with Crippen LogP contribution in [0.25, 0.3) is 22.2 Å². The number of aromatic nitrogens is 3. The van der Waals surface area contributed by atoms with Gasteiger partial charge in [0.05, 0.1) is 34.8 Å². The van der Waals surface area contributed by atoms with Crippen LogP contribution in [-0.2, 0) is 9.84 Å². The molecule has 11 heteroatoms. The lowest BCUT2D eigenvalue weighted by atomic mass is 10.0. The fourth-order valence-electron chi connectivity index (χ4n) is 5.78. The SMILES string of the molecule is CC=CNc1cc(Nc2nccc(-c3cn(C4CC4)c4cc(C)c(S(C)(=O)=O)c(C)c34)n2)c(OC)cc1N(C)CCN(C)C. The van der Waals surface area contributed by atoms with Crippen LogP contribution in [0.1, 0.15) is 36.9 Å². The molecular formula is C33H43N7O3S. The molecule has 0 amide bonds.